The molecule has 1 aromatic carbocycles. The van der Waals surface area contributed by atoms with Crippen LogP contribution in [0.1, 0.15) is 22.4 Å². The molecule has 118 valence electrons. The number of hydrogen-bond acceptors (Lipinski definition) is 4. The number of rotatable bonds is 8. The summed E-state index contributed by atoms with van der Waals surface area (Å²) in [5.41, 5.74) is 4.49. The van der Waals surface area contributed by atoms with Gasteiger partial charge in [0.25, 0.3) is 0 Å². The largest absolute Gasteiger partial charge is 0.493 e. The lowest BCUT2D eigenvalue weighted by Crippen LogP contribution is -2.13. The van der Waals surface area contributed by atoms with Crippen LogP contribution in [0.25, 0.3) is 0 Å². The third-order valence-corrected chi connectivity index (χ3v) is 3.56. The van der Waals surface area contributed by atoms with Gasteiger partial charge in [-0.1, -0.05) is 12.1 Å². The first-order chi connectivity index (χ1) is 10.7. The molecule has 0 fully saturated rings. The Morgan fingerprint density at radius 2 is 2.05 bits per heavy atom. The van der Waals surface area contributed by atoms with E-state index in [0.717, 1.165) is 47.8 Å². The van der Waals surface area contributed by atoms with Gasteiger partial charge in [-0.05, 0) is 25.0 Å². The van der Waals surface area contributed by atoms with E-state index in [1.54, 1.807) is 14.2 Å². The maximum atomic E-state index is 5.45. The molecule has 0 saturated heterocycles. The van der Waals surface area contributed by atoms with Crippen LogP contribution in [0.15, 0.2) is 31.0 Å². The van der Waals surface area contributed by atoms with E-state index in [1.165, 1.54) is 5.56 Å². The minimum atomic E-state index is 0.744. The van der Waals surface area contributed by atoms with Gasteiger partial charge < -0.3 is 14.8 Å². The van der Waals surface area contributed by atoms with Crippen molar-refractivity contribution in [2.24, 2.45) is 0 Å². The van der Waals surface area contributed by atoms with Crippen LogP contribution in [0.4, 0.5) is 0 Å². The quantitative estimate of drug-likeness (QED) is 0.736. The zero-order chi connectivity index (χ0) is 15.9. The summed E-state index contributed by atoms with van der Waals surface area (Å²) in [5.74, 6) is 1.52. The molecule has 0 amide bonds. The number of nitrogens with one attached hydrogen (secondary N) is 2. The highest BCUT2D eigenvalue weighted by Gasteiger charge is 2.11. The molecule has 0 aliphatic carbocycles. The summed E-state index contributed by atoms with van der Waals surface area (Å²) in [7, 11) is 3.31. The van der Waals surface area contributed by atoms with Crippen LogP contribution in [0.5, 0.6) is 11.5 Å². The normalized spacial score (nSPS) is 10.5. The van der Waals surface area contributed by atoms with Crippen molar-refractivity contribution in [3.8, 4) is 11.5 Å². The molecular formula is C17H23N3O2. The fourth-order valence-corrected chi connectivity index (χ4v) is 2.41. The van der Waals surface area contributed by atoms with Crippen LogP contribution in [0.2, 0.25) is 0 Å². The van der Waals surface area contributed by atoms with Crippen molar-refractivity contribution < 1.29 is 9.47 Å². The number of aromatic amines is 1. The smallest absolute Gasteiger partial charge is 0.164 e. The average molecular weight is 301 g/mol. The van der Waals surface area contributed by atoms with E-state index < -0.39 is 0 Å². The summed E-state index contributed by atoms with van der Waals surface area (Å²) in [6, 6.07) is 4.12. The van der Waals surface area contributed by atoms with Gasteiger partial charge in [-0.25, -0.2) is 0 Å². The van der Waals surface area contributed by atoms with Gasteiger partial charge in [0.05, 0.1) is 20.4 Å². The van der Waals surface area contributed by atoms with E-state index >= 15 is 0 Å². The number of methoxy groups -OCH3 is 2. The zero-order valence-corrected chi connectivity index (χ0v) is 13.4. The lowest BCUT2D eigenvalue weighted by atomic mass is 10.1. The molecule has 22 heavy (non-hydrogen) atoms. The van der Waals surface area contributed by atoms with Crippen molar-refractivity contribution in [1.82, 2.24) is 15.5 Å². The molecule has 0 aliphatic heterocycles. The lowest BCUT2D eigenvalue weighted by molar-refractivity contribution is 0.351. The van der Waals surface area contributed by atoms with E-state index in [4.69, 9.17) is 9.47 Å². The maximum Gasteiger partial charge on any atom is 0.164 e. The number of H-pyrrole nitrogens is 1. The predicted molar refractivity (Wildman–Crippen MR) is 87.3 cm³/mol. The molecule has 0 unspecified atom stereocenters. The van der Waals surface area contributed by atoms with Crippen molar-refractivity contribution in [3.05, 3.63) is 53.4 Å². The number of ether oxygens (including phenoxy) is 2. The van der Waals surface area contributed by atoms with Crippen LogP contribution in [0, 0.1) is 6.92 Å². The first-order valence-corrected chi connectivity index (χ1v) is 7.23. The fraction of sp³-hybridized carbons (Fsp3) is 0.353. The first-order valence-electron chi connectivity index (χ1n) is 7.23. The van der Waals surface area contributed by atoms with Gasteiger partial charge in [0.15, 0.2) is 11.5 Å². The summed E-state index contributed by atoms with van der Waals surface area (Å²) in [6.07, 6.45) is 4.46. The molecule has 1 heterocycles. The molecule has 5 heteroatoms. The fourth-order valence-electron chi connectivity index (χ4n) is 2.41. The Morgan fingerprint density at radius 1 is 1.23 bits per heavy atom. The molecule has 5 nitrogen and oxygen atoms in total. The molecule has 0 saturated carbocycles. The molecule has 0 atom stereocenters. The molecule has 0 bridgehead atoms. The van der Waals surface area contributed by atoms with Gasteiger partial charge >= 0.3 is 0 Å². The highest BCUT2D eigenvalue weighted by molar-refractivity contribution is 5.50. The Kier molecular flexibility index (Phi) is 5.61. The van der Waals surface area contributed by atoms with Crippen LogP contribution in [0.3, 0.4) is 0 Å². The summed E-state index contributed by atoms with van der Waals surface area (Å²) >= 11 is 0. The average Bonchev–Trinajstić information content (AvgIpc) is 2.92. The van der Waals surface area contributed by atoms with Crippen molar-refractivity contribution in [2.75, 3.05) is 14.2 Å². The Balaban J connectivity index is 2.11. The van der Waals surface area contributed by atoms with Crippen molar-refractivity contribution in [1.29, 1.82) is 0 Å². The molecule has 0 radical (unpaired) electrons. The second-order valence-electron chi connectivity index (χ2n) is 5.11. The van der Waals surface area contributed by atoms with Crippen LogP contribution >= 0.6 is 0 Å². The Hall–Kier alpha value is -2.27. The molecule has 2 rings (SSSR count). The minimum absolute atomic E-state index is 0.744. The third-order valence-electron chi connectivity index (χ3n) is 3.56. The van der Waals surface area contributed by atoms with Crippen molar-refractivity contribution in [2.45, 2.75) is 26.4 Å². The van der Waals surface area contributed by atoms with Gasteiger partial charge in [0, 0.05) is 29.9 Å². The Bertz CT molecular complexity index is 635. The third kappa shape index (κ3) is 3.68. The molecule has 0 spiro atoms. The molecular weight excluding hydrogens is 278 g/mol. The molecule has 1 aromatic heterocycles. The Labute approximate surface area is 131 Å². The molecule has 0 aliphatic rings. The number of aryl methyl sites for hydroxylation is 1. The van der Waals surface area contributed by atoms with E-state index in [1.807, 2.05) is 25.3 Å². The number of allylic oxidation sites excluding steroid dienone is 1. The van der Waals surface area contributed by atoms with Crippen molar-refractivity contribution >= 4 is 0 Å². The number of aromatic nitrogens is 2. The lowest BCUT2D eigenvalue weighted by Gasteiger charge is -2.14. The van der Waals surface area contributed by atoms with E-state index in [2.05, 4.69) is 28.2 Å². The summed E-state index contributed by atoms with van der Waals surface area (Å²) in [5, 5.41) is 10.4. The SMILES string of the molecule is C=CCc1cc(CNCc2cn[nH]c2C)cc(OC)c1OC. The number of hydrogen-bond donors (Lipinski definition) is 2. The first kappa shape index (κ1) is 16.1. The van der Waals surface area contributed by atoms with Crippen LogP contribution < -0.4 is 14.8 Å². The summed E-state index contributed by atoms with van der Waals surface area (Å²) < 4.78 is 10.9. The van der Waals surface area contributed by atoms with Crippen LogP contribution in [-0.2, 0) is 19.5 Å². The second-order valence-corrected chi connectivity index (χ2v) is 5.11. The summed E-state index contributed by atoms with van der Waals surface area (Å²) in [6.45, 7) is 7.33. The number of benzene rings is 1. The van der Waals surface area contributed by atoms with Crippen molar-refractivity contribution in [3.63, 3.8) is 0 Å². The standard InChI is InChI=1S/C17H23N3O2/c1-5-6-14-7-13(8-16(21-3)17(14)22-4)9-18-10-15-11-19-20-12(15)2/h5,7-8,11,18H,1,6,9-10H2,2-4H3,(H,19,20). The minimum Gasteiger partial charge on any atom is -0.493 e. The van der Waals surface area contributed by atoms with E-state index in [0.29, 0.717) is 0 Å². The highest BCUT2D eigenvalue weighted by atomic mass is 16.5. The van der Waals surface area contributed by atoms with Crippen LogP contribution in [-0.4, -0.2) is 24.4 Å². The number of nitrogens with zero attached hydrogens (tertiary/aromatic N) is 1. The van der Waals surface area contributed by atoms with E-state index in [-0.39, 0.29) is 0 Å². The molecule has 2 aromatic rings. The highest BCUT2D eigenvalue weighted by Crippen LogP contribution is 2.33. The van der Waals surface area contributed by atoms with Gasteiger partial charge in [0.1, 0.15) is 0 Å². The van der Waals surface area contributed by atoms with Gasteiger partial charge in [-0.3, -0.25) is 5.10 Å². The topological polar surface area (TPSA) is 59.2 Å². The predicted octanol–water partition coefficient (Wildman–Crippen LogP) is 2.75. The van der Waals surface area contributed by atoms with Gasteiger partial charge in [-0.15, -0.1) is 6.58 Å². The van der Waals surface area contributed by atoms with Gasteiger partial charge in [-0.2, -0.15) is 5.10 Å². The zero-order valence-electron chi connectivity index (χ0n) is 13.4. The monoisotopic (exact) mass is 301 g/mol. The summed E-state index contributed by atoms with van der Waals surface area (Å²) in [4.78, 5) is 0. The molecule has 2 N–H and O–H groups in total. The van der Waals surface area contributed by atoms with Gasteiger partial charge in [0.2, 0.25) is 0 Å². The Morgan fingerprint density at radius 3 is 2.64 bits per heavy atom. The van der Waals surface area contributed by atoms with E-state index in [9.17, 15) is 0 Å². The second kappa shape index (κ2) is 7.66. The maximum absolute atomic E-state index is 5.45.